The number of nitrogens with one attached hydrogen (secondary N) is 2. The molecule has 1 aromatic heterocycles. The van der Waals surface area contributed by atoms with Crippen molar-refractivity contribution in [3.8, 4) is 0 Å². The van der Waals surface area contributed by atoms with Crippen LogP contribution in [0.5, 0.6) is 0 Å². The van der Waals surface area contributed by atoms with Crippen molar-refractivity contribution in [3.63, 3.8) is 0 Å². The molecule has 0 aliphatic carbocycles. The van der Waals surface area contributed by atoms with E-state index in [1.165, 1.54) is 6.33 Å². The zero-order valence-corrected chi connectivity index (χ0v) is 11.7. The Bertz CT molecular complexity index is 584. The largest absolute Gasteiger partial charge is 0.379 e. The van der Waals surface area contributed by atoms with Crippen LogP contribution in [0, 0.1) is 6.92 Å². The van der Waals surface area contributed by atoms with Gasteiger partial charge in [0.2, 0.25) is 0 Å². The lowest BCUT2D eigenvalue weighted by atomic mass is 10.1. The van der Waals surface area contributed by atoms with Crippen LogP contribution >= 0.6 is 0 Å². The van der Waals surface area contributed by atoms with Crippen LogP contribution in [0.25, 0.3) is 0 Å². The monoisotopic (exact) mass is 270 g/mol. The lowest BCUT2D eigenvalue weighted by Crippen LogP contribution is -2.22. The molecule has 0 saturated carbocycles. The van der Waals surface area contributed by atoms with E-state index in [1.54, 1.807) is 6.20 Å². The zero-order chi connectivity index (χ0) is 14.4. The molecule has 104 valence electrons. The molecule has 0 fully saturated rings. The number of rotatable bonds is 5. The van der Waals surface area contributed by atoms with Gasteiger partial charge in [-0.25, -0.2) is 9.97 Å². The molecular formula is C15H18N4O. The molecular weight excluding hydrogens is 252 g/mol. The summed E-state index contributed by atoms with van der Waals surface area (Å²) in [6, 6.07) is 7.49. The Morgan fingerprint density at radius 3 is 2.85 bits per heavy atom. The summed E-state index contributed by atoms with van der Waals surface area (Å²) < 4.78 is 0. The lowest BCUT2D eigenvalue weighted by molar-refractivity contribution is 0.0956. The number of anilines is 1. The molecule has 0 aliphatic heterocycles. The Morgan fingerprint density at radius 1 is 1.30 bits per heavy atom. The van der Waals surface area contributed by atoms with Gasteiger partial charge in [-0.05, 0) is 37.6 Å². The minimum absolute atomic E-state index is 0.0578. The first kappa shape index (κ1) is 14.0. The molecule has 0 atom stereocenters. The normalized spacial score (nSPS) is 10.1. The van der Waals surface area contributed by atoms with Crippen LogP contribution in [0.2, 0.25) is 0 Å². The summed E-state index contributed by atoms with van der Waals surface area (Å²) in [6.07, 6.45) is 3.23. The average Bonchev–Trinajstić information content (AvgIpc) is 2.47. The van der Waals surface area contributed by atoms with Gasteiger partial charge in [0, 0.05) is 24.0 Å². The third-order valence-corrected chi connectivity index (χ3v) is 2.94. The second-order valence-corrected chi connectivity index (χ2v) is 4.44. The molecule has 1 aromatic carbocycles. The highest BCUT2D eigenvalue weighted by Gasteiger charge is 2.07. The van der Waals surface area contributed by atoms with Gasteiger partial charge in [-0.3, -0.25) is 4.79 Å². The molecule has 2 N–H and O–H groups in total. The number of amides is 1. The predicted octanol–water partition coefficient (Wildman–Crippen LogP) is 2.15. The summed E-state index contributed by atoms with van der Waals surface area (Å²) in [6.45, 7) is 5.13. The Hall–Kier alpha value is -2.43. The van der Waals surface area contributed by atoms with Gasteiger partial charge in [-0.1, -0.05) is 6.07 Å². The van der Waals surface area contributed by atoms with E-state index in [-0.39, 0.29) is 5.91 Å². The maximum atomic E-state index is 11.8. The Morgan fingerprint density at radius 2 is 2.15 bits per heavy atom. The van der Waals surface area contributed by atoms with Gasteiger partial charge < -0.3 is 10.6 Å². The van der Waals surface area contributed by atoms with Gasteiger partial charge in [-0.2, -0.15) is 0 Å². The molecule has 0 bridgehead atoms. The molecule has 0 aliphatic rings. The number of hydrogen-bond acceptors (Lipinski definition) is 4. The van der Waals surface area contributed by atoms with Crippen LogP contribution in [0.3, 0.4) is 0 Å². The standard InChI is InChI=1S/C15H18N4O/c1-3-17-15(20)12-5-4-11(2)14(8-12)18-9-13-6-7-16-10-19-13/h4-8,10,18H,3,9H2,1-2H3,(H,17,20). The Labute approximate surface area is 118 Å². The van der Waals surface area contributed by atoms with Crippen LogP contribution < -0.4 is 10.6 Å². The molecule has 1 amide bonds. The van der Waals surface area contributed by atoms with Crippen molar-refractivity contribution in [1.82, 2.24) is 15.3 Å². The van der Waals surface area contributed by atoms with Crippen LogP contribution in [0.4, 0.5) is 5.69 Å². The van der Waals surface area contributed by atoms with Crippen LogP contribution in [-0.2, 0) is 6.54 Å². The van der Waals surface area contributed by atoms with Gasteiger partial charge in [0.1, 0.15) is 6.33 Å². The van der Waals surface area contributed by atoms with Gasteiger partial charge in [0.15, 0.2) is 0 Å². The van der Waals surface area contributed by atoms with E-state index >= 15 is 0 Å². The van der Waals surface area contributed by atoms with Gasteiger partial charge in [0.05, 0.1) is 12.2 Å². The number of carbonyl (C=O) groups excluding carboxylic acids is 1. The highest BCUT2D eigenvalue weighted by molar-refractivity contribution is 5.95. The number of nitrogens with zero attached hydrogens (tertiary/aromatic N) is 2. The molecule has 0 saturated heterocycles. The van der Waals surface area contributed by atoms with Crippen molar-refractivity contribution in [3.05, 3.63) is 53.6 Å². The topological polar surface area (TPSA) is 66.9 Å². The van der Waals surface area contributed by atoms with E-state index in [0.717, 1.165) is 16.9 Å². The maximum Gasteiger partial charge on any atom is 0.251 e. The first-order valence-electron chi connectivity index (χ1n) is 6.58. The van der Waals surface area contributed by atoms with E-state index in [9.17, 15) is 4.79 Å². The molecule has 5 heteroatoms. The number of benzene rings is 1. The molecule has 0 unspecified atom stereocenters. The Balaban J connectivity index is 2.10. The van der Waals surface area contributed by atoms with Crippen molar-refractivity contribution in [2.24, 2.45) is 0 Å². The number of hydrogen-bond donors (Lipinski definition) is 2. The highest BCUT2D eigenvalue weighted by Crippen LogP contribution is 2.17. The molecule has 2 aromatic rings. The third-order valence-electron chi connectivity index (χ3n) is 2.94. The summed E-state index contributed by atoms with van der Waals surface area (Å²) in [5.41, 5.74) is 3.59. The third kappa shape index (κ3) is 3.54. The fourth-order valence-electron chi connectivity index (χ4n) is 1.82. The second kappa shape index (κ2) is 6.65. The fourth-order valence-corrected chi connectivity index (χ4v) is 1.82. The van der Waals surface area contributed by atoms with Crippen molar-refractivity contribution < 1.29 is 4.79 Å². The van der Waals surface area contributed by atoms with Gasteiger partial charge in [0.25, 0.3) is 5.91 Å². The van der Waals surface area contributed by atoms with E-state index in [2.05, 4.69) is 20.6 Å². The summed E-state index contributed by atoms with van der Waals surface area (Å²) in [5, 5.41) is 6.09. The second-order valence-electron chi connectivity index (χ2n) is 4.44. The molecule has 0 spiro atoms. The average molecular weight is 270 g/mol. The van der Waals surface area contributed by atoms with Crippen LogP contribution in [0.1, 0.15) is 28.5 Å². The summed E-state index contributed by atoms with van der Waals surface area (Å²) in [5.74, 6) is -0.0578. The maximum absolute atomic E-state index is 11.8. The van der Waals surface area contributed by atoms with Gasteiger partial charge in [-0.15, -0.1) is 0 Å². The SMILES string of the molecule is CCNC(=O)c1ccc(C)c(NCc2ccncn2)c1. The van der Waals surface area contributed by atoms with E-state index in [0.29, 0.717) is 18.7 Å². The molecule has 1 heterocycles. The Kier molecular flexibility index (Phi) is 4.65. The smallest absolute Gasteiger partial charge is 0.251 e. The quantitative estimate of drug-likeness (QED) is 0.873. The zero-order valence-electron chi connectivity index (χ0n) is 11.7. The van der Waals surface area contributed by atoms with Gasteiger partial charge >= 0.3 is 0 Å². The number of carbonyl (C=O) groups is 1. The first-order chi connectivity index (χ1) is 9.70. The van der Waals surface area contributed by atoms with Crippen molar-refractivity contribution in [2.45, 2.75) is 20.4 Å². The highest BCUT2D eigenvalue weighted by atomic mass is 16.1. The minimum Gasteiger partial charge on any atom is -0.379 e. The fraction of sp³-hybridized carbons (Fsp3) is 0.267. The molecule has 5 nitrogen and oxygen atoms in total. The van der Waals surface area contributed by atoms with Crippen molar-refractivity contribution in [2.75, 3.05) is 11.9 Å². The summed E-state index contributed by atoms with van der Waals surface area (Å²) >= 11 is 0. The molecule has 2 rings (SSSR count). The van der Waals surface area contributed by atoms with Crippen molar-refractivity contribution in [1.29, 1.82) is 0 Å². The van der Waals surface area contributed by atoms with E-state index in [1.807, 2.05) is 38.1 Å². The first-order valence-corrected chi connectivity index (χ1v) is 6.58. The minimum atomic E-state index is -0.0578. The number of aryl methyl sites for hydroxylation is 1. The van der Waals surface area contributed by atoms with Crippen LogP contribution in [-0.4, -0.2) is 22.4 Å². The van der Waals surface area contributed by atoms with E-state index in [4.69, 9.17) is 0 Å². The molecule has 20 heavy (non-hydrogen) atoms. The molecule has 0 radical (unpaired) electrons. The van der Waals surface area contributed by atoms with Crippen molar-refractivity contribution >= 4 is 11.6 Å². The van der Waals surface area contributed by atoms with Crippen LogP contribution in [0.15, 0.2) is 36.8 Å². The van der Waals surface area contributed by atoms with E-state index < -0.39 is 0 Å². The lowest BCUT2D eigenvalue weighted by Gasteiger charge is -2.11. The number of aromatic nitrogens is 2. The predicted molar refractivity (Wildman–Crippen MR) is 78.5 cm³/mol. The summed E-state index contributed by atoms with van der Waals surface area (Å²) in [7, 11) is 0. The summed E-state index contributed by atoms with van der Waals surface area (Å²) in [4.78, 5) is 19.9.